The summed E-state index contributed by atoms with van der Waals surface area (Å²) in [4.78, 5) is 22.6. The van der Waals surface area contributed by atoms with E-state index in [1.54, 1.807) is 19.2 Å². The third-order valence-electron chi connectivity index (χ3n) is 4.12. The van der Waals surface area contributed by atoms with E-state index in [0.717, 1.165) is 12.5 Å². The second-order valence-electron chi connectivity index (χ2n) is 5.73. The van der Waals surface area contributed by atoms with Crippen LogP contribution in [0.3, 0.4) is 0 Å². The lowest BCUT2D eigenvalue weighted by Gasteiger charge is -2.25. The van der Waals surface area contributed by atoms with E-state index in [0.29, 0.717) is 24.5 Å². The summed E-state index contributed by atoms with van der Waals surface area (Å²) in [6.45, 7) is 2.16. The topological polar surface area (TPSA) is 46.1 Å². The first kappa shape index (κ1) is 16.4. The van der Waals surface area contributed by atoms with Gasteiger partial charge in [0.2, 0.25) is 0 Å². The molecule has 1 atom stereocenters. The van der Waals surface area contributed by atoms with E-state index < -0.39 is 17.6 Å². The first-order valence-electron chi connectivity index (χ1n) is 7.64. The number of likely N-dealkylation sites (tertiary alicyclic amines) is 1. The van der Waals surface area contributed by atoms with Gasteiger partial charge in [0.25, 0.3) is 5.91 Å². The van der Waals surface area contributed by atoms with Crippen molar-refractivity contribution in [1.29, 1.82) is 0 Å². The van der Waals surface area contributed by atoms with Gasteiger partial charge < -0.3 is 4.90 Å². The van der Waals surface area contributed by atoms with Crippen molar-refractivity contribution < 1.29 is 18.0 Å². The molecule has 0 saturated carbocycles. The molecule has 1 aromatic carbocycles. The minimum atomic E-state index is -4.56. The first-order chi connectivity index (χ1) is 11.4. The Kier molecular flexibility index (Phi) is 4.26. The average molecular weight is 335 g/mol. The molecule has 1 saturated heterocycles. The molecule has 3 rings (SSSR count). The van der Waals surface area contributed by atoms with Crippen LogP contribution in [-0.4, -0.2) is 27.3 Å². The van der Waals surface area contributed by atoms with Crippen molar-refractivity contribution in [2.45, 2.75) is 32.0 Å². The Labute approximate surface area is 137 Å². The summed E-state index contributed by atoms with van der Waals surface area (Å²) in [6.07, 6.45) is -1.56. The molecule has 24 heavy (non-hydrogen) atoms. The highest BCUT2D eigenvalue weighted by Crippen LogP contribution is 2.36. The fraction of sp³-hybridized carbons (Fsp3) is 0.353. The van der Waals surface area contributed by atoms with Crippen molar-refractivity contribution in [1.82, 2.24) is 14.9 Å². The zero-order valence-corrected chi connectivity index (χ0v) is 13.0. The van der Waals surface area contributed by atoms with Gasteiger partial charge in [-0.15, -0.1) is 0 Å². The van der Waals surface area contributed by atoms with Gasteiger partial charge in [-0.3, -0.25) is 4.79 Å². The van der Waals surface area contributed by atoms with Crippen LogP contribution in [0.5, 0.6) is 0 Å². The molecule has 1 aliphatic rings. The average Bonchev–Trinajstić information content (AvgIpc) is 3.03. The summed E-state index contributed by atoms with van der Waals surface area (Å²) in [5.41, 5.74) is -0.556. The molecule has 2 heterocycles. The van der Waals surface area contributed by atoms with E-state index in [-0.39, 0.29) is 11.6 Å². The Morgan fingerprint density at radius 2 is 2.00 bits per heavy atom. The number of aryl methyl sites for hydroxylation is 1. The fourth-order valence-corrected chi connectivity index (χ4v) is 3.05. The molecular weight excluding hydrogens is 319 g/mol. The third-order valence-corrected chi connectivity index (χ3v) is 4.12. The maximum absolute atomic E-state index is 13.2. The number of carbonyl (C=O) groups excluding carboxylic acids is 1. The fourth-order valence-electron chi connectivity index (χ4n) is 3.05. The highest BCUT2D eigenvalue weighted by molar-refractivity contribution is 5.96. The summed E-state index contributed by atoms with van der Waals surface area (Å²) >= 11 is 0. The third kappa shape index (κ3) is 3.11. The number of halogens is 3. The second-order valence-corrected chi connectivity index (χ2v) is 5.73. The van der Waals surface area contributed by atoms with Gasteiger partial charge in [-0.05, 0) is 38.0 Å². The Balaban J connectivity index is 1.95. The van der Waals surface area contributed by atoms with Crippen LogP contribution in [0.4, 0.5) is 13.2 Å². The first-order valence-corrected chi connectivity index (χ1v) is 7.64. The van der Waals surface area contributed by atoms with Gasteiger partial charge in [-0.2, -0.15) is 13.2 Å². The van der Waals surface area contributed by atoms with Crippen LogP contribution in [0, 0.1) is 6.92 Å². The molecule has 0 aliphatic carbocycles. The summed E-state index contributed by atoms with van der Waals surface area (Å²) in [7, 11) is 0. The molecule has 0 N–H and O–H groups in total. The molecule has 1 aliphatic heterocycles. The Morgan fingerprint density at radius 3 is 2.71 bits per heavy atom. The van der Waals surface area contributed by atoms with Gasteiger partial charge in [-0.25, -0.2) is 9.97 Å². The van der Waals surface area contributed by atoms with Crippen molar-refractivity contribution in [3.05, 3.63) is 59.2 Å². The number of aromatic nitrogens is 2. The lowest BCUT2D eigenvalue weighted by molar-refractivity contribution is -0.138. The molecule has 1 aromatic heterocycles. The molecular formula is C17H16F3N3O. The standard InChI is InChI=1S/C17H16F3N3O/c1-11-21-9-8-14(22-11)15-7-4-10-23(15)16(24)12-5-2-3-6-13(12)17(18,19)20/h2-3,5-6,8-9,15H,4,7,10H2,1H3/t15-/m0/s1. The van der Waals surface area contributed by atoms with E-state index in [1.165, 1.54) is 23.1 Å². The number of alkyl halides is 3. The molecule has 0 radical (unpaired) electrons. The predicted octanol–water partition coefficient (Wildman–Crippen LogP) is 3.78. The Bertz CT molecular complexity index is 761. The smallest absolute Gasteiger partial charge is 0.330 e. The van der Waals surface area contributed by atoms with Crippen LogP contribution < -0.4 is 0 Å². The molecule has 0 unspecified atom stereocenters. The van der Waals surface area contributed by atoms with Crippen LogP contribution in [0.15, 0.2) is 36.5 Å². The van der Waals surface area contributed by atoms with E-state index in [1.807, 2.05) is 0 Å². The van der Waals surface area contributed by atoms with Crippen LogP contribution in [0.25, 0.3) is 0 Å². The van der Waals surface area contributed by atoms with Crippen molar-refractivity contribution in [2.24, 2.45) is 0 Å². The van der Waals surface area contributed by atoms with Gasteiger partial charge in [-0.1, -0.05) is 12.1 Å². The molecule has 2 aromatic rings. The molecule has 126 valence electrons. The van der Waals surface area contributed by atoms with Crippen LogP contribution >= 0.6 is 0 Å². The summed E-state index contributed by atoms with van der Waals surface area (Å²) in [6, 6.07) is 6.29. The van der Waals surface area contributed by atoms with Gasteiger partial charge in [0.15, 0.2) is 0 Å². The zero-order chi connectivity index (χ0) is 17.3. The zero-order valence-electron chi connectivity index (χ0n) is 13.0. The molecule has 1 fully saturated rings. The molecule has 4 nitrogen and oxygen atoms in total. The minimum absolute atomic E-state index is 0.317. The van der Waals surface area contributed by atoms with E-state index in [4.69, 9.17) is 0 Å². The number of amides is 1. The van der Waals surface area contributed by atoms with Gasteiger partial charge in [0.1, 0.15) is 5.82 Å². The Morgan fingerprint density at radius 1 is 1.25 bits per heavy atom. The molecule has 0 bridgehead atoms. The van der Waals surface area contributed by atoms with E-state index >= 15 is 0 Å². The lowest BCUT2D eigenvalue weighted by atomic mass is 10.0. The highest BCUT2D eigenvalue weighted by atomic mass is 19.4. The van der Waals surface area contributed by atoms with E-state index in [2.05, 4.69) is 9.97 Å². The van der Waals surface area contributed by atoms with E-state index in [9.17, 15) is 18.0 Å². The number of benzene rings is 1. The second kappa shape index (κ2) is 6.22. The van der Waals surface area contributed by atoms with Gasteiger partial charge in [0, 0.05) is 12.7 Å². The number of carbonyl (C=O) groups is 1. The largest absolute Gasteiger partial charge is 0.417 e. The number of nitrogens with zero attached hydrogens (tertiary/aromatic N) is 3. The van der Waals surface area contributed by atoms with Crippen molar-refractivity contribution in [3.8, 4) is 0 Å². The molecule has 0 spiro atoms. The maximum Gasteiger partial charge on any atom is 0.417 e. The molecule has 7 heteroatoms. The van der Waals surface area contributed by atoms with Crippen molar-refractivity contribution in [2.75, 3.05) is 6.54 Å². The number of rotatable bonds is 2. The Hall–Kier alpha value is -2.44. The summed E-state index contributed by atoms with van der Waals surface area (Å²) in [5.74, 6) is -0.0378. The monoisotopic (exact) mass is 335 g/mol. The summed E-state index contributed by atoms with van der Waals surface area (Å²) in [5, 5.41) is 0. The molecule has 1 amide bonds. The minimum Gasteiger partial charge on any atom is -0.330 e. The van der Waals surface area contributed by atoms with Crippen LogP contribution in [0.1, 0.15) is 46.3 Å². The number of hydrogen-bond acceptors (Lipinski definition) is 3. The lowest BCUT2D eigenvalue weighted by Crippen LogP contribution is -2.32. The SMILES string of the molecule is Cc1nccc([C@@H]2CCCN2C(=O)c2ccccc2C(F)(F)F)n1. The van der Waals surface area contributed by atoms with Crippen LogP contribution in [0.2, 0.25) is 0 Å². The quantitative estimate of drug-likeness (QED) is 0.839. The predicted molar refractivity (Wildman–Crippen MR) is 81.2 cm³/mol. The van der Waals surface area contributed by atoms with Gasteiger partial charge >= 0.3 is 6.18 Å². The highest BCUT2D eigenvalue weighted by Gasteiger charge is 2.38. The van der Waals surface area contributed by atoms with Crippen LogP contribution in [-0.2, 0) is 6.18 Å². The number of hydrogen-bond donors (Lipinski definition) is 0. The van der Waals surface area contributed by atoms with Crippen molar-refractivity contribution in [3.63, 3.8) is 0 Å². The summed E-state index contributed by atoms with van der Waals surface area (Å²) < 4.78 is 39.5. The van der Waals surface area contributed by atoms with Crippen molar-refractivity contribution >= 4 is 5.91 Å². The van der Waals surface area contributed by atoms with Gasteiger partial charge in [0.05, 0.1) is 22.9 Å². The maximum atomic E-state index is 13.2. The normalized spacial score (nSPS) is 18.0.